The Morgan fingerprint density at radius 2 is 1.93 bits per heavy atom. The minimum absolute atomic E-state index is 0. The molecule has 1 aliphatic rings. The van der Waals surface area contributed by atoms with E-state index in [1.807, 2.05) is 29.2 Å². The maximum atomic E-state index is 12.3. The first-order chi connectivity index (χ1) is 12.6. The van der Waals surface area contributed by atoms with Gasteiger partial charge in [-0.25, -0.2) is 0 Å². The average Bonchev–Trinajstić information content (AvgIpc) is 2.65. The van der Waals surface area contributed by atoms with E-state index in [0.29, 0.717) is 38.1 Å². The van der Waals surface area contributed by atoms with E-state index in [2.05, 4.69) is 29.5 Å². The molecule has 1 heterocycles. The number of nitrogens with one attached hydrogen (secondary N) is 2. The number of carbonyl (C=O) groups is 1. The van der Waals surface area contributed by atoms with Crippen LogP contribution in [0.1, 0.15) is 38.2 Å². The zero-order valence-corrected chi connectivity index (χ0v) is 19.0. The predicted octanol–water partition coefficient (Wildman–Crippen LogP) is 2.95. The first-order valence-corrected chi connectivity index (χ1v) is 9.53. The van der Waals surface area contributed by atoms with Gasteiger partial charge in [-0.15, -0.1) is 24.0 Å². The highest BCUT2D eigenvalue weighted by Crippen LogP contribution is 2.17. The van der Waals surface area contributed by atoms with Crippen molar-refractivity contribution in [2.75, 3.05) is 33.3 Å². The average molecular weight is 488 g/mol. The molecule has 0 spiro atoms. The van der Waals surface area contributed by atoms with Gasteiger partial charge in [-0.05, 0) is 45.2 Å². The summed E-state index contributed by atoms with van der Waals surface area (Å²) in [6.45, 7) is 6.86. The second kappa shape index (κ2) is 12.8. The van der Waals surface area contributed by atoms with Crippen molar-refractivity contribution in [3.63, 3.8) is 0 Å². The molecule has 1 aromatic rings. The molecule has 1 fully saturated rings. The normalized spacial score (nSPS) is 17.1. The van der Waals surface area contributed by atoms with Crippen LogP contribution in [0.5, 0.6) is 5.75 Å². The number of guanidine groups is 1. The van der Waals surface area contributed by atoms with Crippen LogP contribution in [-0.2, 0) is 4.79 Å². The Labute approximate surface area is 180 Å². The maximum Gasteiger partial charge on any atom is 0.224 e. The van der Waals surface area contributed by atoms with Crippen LogP contribution < -0.4 is 15.4 Å². The van der Waals surface area contributed by atoms with Gasteiger partial charge in [-0.2, -0.15) is 0 Å². The summed E-state index contributed by atoms with van der Waals surface area (Å²) in [5.41, 5.74) is 1.22. The van der Waals surface area contributed by atoms with Gasteiger partial charge in [0.1, 0.15) is 12.4 Å². The van der Waals surface area contributed by atoms with Gasteiger partial charge in [0.15, 0.2) is 5.96 Å². The fourth-order valence-corrected chi connectivity index (χ4v) is 3.09. The Kier molecular flexibility index (Phi) is 11.2. The smallest absolute Gasteiger partial charge is 0.224 e. The van der Waals surface area contributed by atoms with E-state index < -0.39 is 0 Å². The van der Waals surface area contributed by atoms with Crippen LogP contribution in [0.15, 0.2) is 29.3 Å². The van der Waals surface area contributed by atoms with Gasteiger partial charge in [0.05, 0.1) is 6.54 Å². The van der Waals surface area contributed by atoms with Gasteiger partial charge < -0.3 is 20.3 Å². The summed E-state index contributed by atoms with van der Waals surface area (Å²) in [6, 6.07) is 8.37. The lowest BCUT2D eigenvalue weighted by atomic mass is 10.0. The summed E-state index contributed by atoms with van der Waals surface area (Å²) in [5.74, 6) is 1.78. The summed E-state index contributed by atoms with van der Waals surface area (Å²) in [6.07, 6.45) is 3.95. The van der Waals surface area contributed by atoms with E-state index in [-0.39, 0.29) is 29.9 Å². The van der Waals surface area contributed by atoms with Crippen LogP contribution >= 0.6 is 24.0 Å². The highest BCUT2D eigenvalue weighted by atomic mass is 127. The van der Waals surface area contributed by atoms with E-state index in [0.717, 1.165) is 25.1 Å². The number of nitrogens with zero attached hydrogens (tertiary/aromatic N) is 2. The van der Waals surface area contributed by atoms with E-state index >= 15 is 0 Å². The fraction of sp³-hybridized carbons (Fsp3) is 0.600. The number of likely N-dealkylation sites (tertiary alicyclic amines) is 1. The molecule has 0 bridgehead atoms. The van der Waals surface area contributed by atoms with Gasteiger partial charge in [-0.1, -0.05) is 17.7 Å². The van der Waals surface area contributed by atoms with E-state index in [1.54, 1.807) is 7.05 Å². The molecule has 2 N–H and O–H groups in total. The summed E-state index contributed by atoms with van der Waals surface area (Å²) in [7, 11) is 1.73. The van der Waals surface area contributed by atoms with Crippen molar-refractivity contribution in [3.05, 3.63) is 29.8 Å². The van der Waals surface area contributed by atoms with Gasteiger partial charge in [0.2, 0.25) is 5.91 Å². The molecule has 2 rings (SSSR count). The van der Waals surface area contributed by atoms with Crippen LogP contribution in [0.4, 0.5) is 0 Å². The molecule has 6 nitrogen and oxygen atoms in total. The minimum Gasteiger partial charge on any atom is -0.492 e. The molecule has 1 aromatic carbocycles. The van der Waals surface area contributed by atoms with Crippen LogP contribution in [0.25, 0.3) is 0 Å². The molecule has 1 atom stereocenters. The molecule has 0 aliphatic carbocycles. The largest absolute Gasteiger partial charge is 0.492 e. The highest BCUT2D eigenvalue weighted by Gasteiger charge is 2.22. The quantitative estimate of drug-likeness (QED) is 0.268. The Bertz CT molecular complexity index is 592. The number of ether oxygens (including phenoxy) is 1. The van der Waals surface area contributed by atoms with Gasteiger partial charge in [-0.3, -0.25) is 9.79 Å². The van der Waals surface area contributed by atoms with E-state index in [4.69, 9.17) is 4.74 Å². The molecule has 1 aliphatic heterocycles. The third kappa shape index (κ3) is 8.36. The Hall–Kier alpha value is -1.51. The van der Waals surface area contributed by atoms with Crippen molar-refractivity contribution < 1.29 is 9.53 Å². The number of benzene rings is 1. The van der Waals surface area contributed by atoms with Crippen molar-refractivity contribution in [1.82, 2.24) is 15.5 Å². The number of rotatable bonds is 7. The molecule has 0 radical (unpaired) electrons. The Balaban J connectivity index is 0.00000364. The molecular formula is C20H33IN4O2. The lowest BCUT2D eigenvalue weighted by Crippen LogP contribution is -2.44. The van der Waals surface area contributed by atoms with Crippen LogP contribution in [-0.4, -0.2) is 56.1 Å². The van der Waals surface area contributed by atoms with Crippen molar-refractivity contribution in [1.29, 1.82) is 0 Å². The van der Waals surface area contributed by atoms with E-state index in [9.17, 15) is 4.79 Å². The number of piperidine rings is 1. The molecule has 1 amide bonds. The number of carbonyl (C=O) groups excluding carboxylic acids is 1. The molecule has 27 heavy (non-hydrogen) atoms. The number of aryl methyl sites for hydroxylation is 1. The first-order valence-electron chi connectivity index (χ1n) is 9.53. The third-order valence-corrected chi connectivity index (χ3v) is 4.66. The summed E-state index contributed by atoms with van der Waals surface area (Å²) >= 11 is 0. The molecule has 1 saturated heterocycles. The second-order valence-electron chi connectivity index (χ2n) is 6.77. The summed E-state index contributed by atoms with van der Waals surface area (Å²) < 4.78 is 5.68. The van der Waals surface area contributed by atoms with Crippen LogP contribution in [0.3, 0.4) is 0 Å². The molecular weight excluding hydrogens is 455 g/mol. The predicted molar refractivity (Wildman–Crippen MR) is 121 cm³/mol. The number of aliphatic imine (C=N–C) groups is 1. The van der Waals surface area contributed by atoms with Crippen molar-refractivity contribution in [2.24, 2.45) is 4.99 Å². The topological polar surface area (TPSA) is 66.0 Å². The van der Waals surface area contributed by atoms with Gasteiger partial charge >= 0.3 is 0 Å². The SMILES string of the molecule is CN=C(NCCOc1ccc(C)cc1)NCCC(=O)N1CCCCC1C.I. The molecule has 1 unspecified atom stereocenters. The monoisotopic (exact) mass is 488 g/mol. The number of halogens is 1. The zero-order chi connectivity index (χ0) is 18.8. The lowest BCUT2D eigenvalue weighted by molar-refractivity contribution is -0.134. The minimum atomic E-state index is 0. The number of hydrogen-bond donors (Lipinski definition) is 2. The first kappa shape index (κ1) is 23.5. The molecule has 0 saturated carbocycles. The number of amides is 1. The summed E-state index contributed by atoms with van der Waals surface area (Å²) in [5, 5.41) is 6.40. The molecule has 7 heteroatoms. The number of hydrogen-bond acceptors (Lipinski definition) is 3. The summed E-state index contributed by atoms with van der Waals surface area (Å²) in [4.78, 5) is 18.5. The van der Waals surface area contributed by atoms with E-state index in [1.165, 1.54) is 12.0 Å². The van der Waals surface area contributed by atoms with Crippen molar-refractivity contribution in [3.8, 4) is 5.75 Å². The van der Waals surface area contributed by atoms with Crippen LogP contribution in [0.2, 0.25) is 0 Å². The Morgan fingerprint density at radius 3 is 2.59 bits per heavy atom. The standard InChI is InChI=1S/C20H32N4O2.HI/c1-16-7-9-18(10-8-16)26-15-13-23-20(21-3)22-12-11-19(25)24-14-5-4-6-17(24)2;/h7-10,17H,4-6,11-15H2,1-3H3,(H2,21,22,23);1H. The van der Waals surface area contributed by atoms with Gasteiger partial charge in [0.25, 0.3) is 0 Å². The maximum absolute atomic E-state index is 12.3. The molecule has 152 valence electrons. The zero-order valence-electron chi connectivity index (χ0n) is 16.7. The van der Waals surface area contributed by atoms with Crippen molar-refractivity contribution >= 4 is 35.8 Å². The third-order valence-electron chi connectivity index (χ3n) is 4.66. The Morgan fingerprint density at radius 1 is 1.22 bits per heavy atom. The van der Waals surface area contributed by atoms with Gasteiger partial charge in [0, 0.05) is 32.6 Å². The van der Waals surface area contributed by atoms with Crippen LogP contribution in [0, 0.1) is 6.92 Å². The second-order valence-corrected chi connectivity index (χ2v) is 6.77. The highest BCUT2D eigenvalue weighted by molar-refractivity contribution is 14.0. The lowest BCUT2D eigenvalue weighted by Gasteiger charge is -2.33. The van der Waals surface area contributed by atoms with Crippen molar-refractivity contribution in [2.45, 2.75) is 45.6 Å². The molecule has 0 aromatic heterocycles. The fourth-order valence-electron chi connectivity index (χ4n) is 3.09.